The van der Waals surface area contributed by atoms with Crippen molar-refractivity contribution in [1.82, 2.24) is 0 Å². The molecule has 84 valence electrons. The van der Waals surface area contributed by atoms with E-state index in [1.54, 1.807) is 7.11 Å². The summed E-state index contributed by atoms with van der Waals surface area (Å²) in [6, 6.07) is 0. The van der Waals surface area contributed by atoms with Crippen molar-refractivity contribution in [2.75, 3.05) is 26.9 Å². The lowest BCUT2D eigenvalue weighted by Crippen LogP contribution is -2.41. The van der Waals surface area contributed by atoms with Crippen LogP contribution in [0.15, 0.2) is 0 Å². The van der Waals surface area contributed by atoms with E-state index in [-0.39, 0.29) is 5.60 Å². The molecular formula is C11H23NO2. The second kappa shape index (κ2) is 6.38. The van der Waals surface area contributed by atoms with Crippen LogP contribution in [0.2, 0.25) is 0 Å². The molecule has 0 aromatic rings. The predicted molar refractivity (Wildman–Crippen MR) is 57.3 cm³/mol. The Bertz CT molecular complexity index is 142. The first-order chi connectivity index (χ1) is 6.83. The summed E-state index contributed by atoms with van der Waals surface area (Å²) in [7, 11) is 1.70. The normalized spacial score (nSPS) is 21.9. The summed E-state index contributed by atoms with van der Waals surface area (Å²) in [4.78, 5) is 0. The average molecular weight is 201 g/mol. The molecule has 0 heterocycles. The van der Waals surface area contributed by atoms with E-state index in [0.717, 1.165) is 12.8 Å². The highest BCUT2D eigenvalue weighted by molar-refractivity contribution is 4.84. The van der Waals surface area contributed by atoms with Crippen molar-refractivity contribution < 1.29 is 9.47 Å². The van der Waals surface area contributed by atoms with Gasteiger partial charge in [0.1, 0.15) is 0 Å². The maximum Gasteiger partial charge on any atom is 0.0805 e. The summed E-state index contributed by atoms with van der Waals surface area (Å²) >= 11 is 0. The number of hydrogen-bond acceptors (Lipinski definition) is 3. The Labute approximate surface area is 86.9 Å². The molecule has 1 aliphatic rings. The lowest BCUT2D eigenvalue weighted by atomic mass is 9.94. The molecule has 14 heavy (non-hydrogen) atoms. The average Bonchev–Trinajstić information content (AvgIpc) is 2.45. The molecule has 1 saturated carbocycles. The van der Waals surface area contributed by atoms with Crippen LogP contribution >= 0.6 is 0 Å². The van der Waals surface area contributed by atoms with Gasteiger partial charge in [-0.25, -0.2) is 0 Å². The van der Waals surface area contributed by atoms with Crippen molar-refractivity contribution in [1.29, 1.82) is 0 Å². The second-order valence-corrected chi connectivity index (χ2v) is 4.14. The van der Waals surface area contributed by atoms with Crippen molar-refractivity contribution in [3.63, 3.8) is 0 Å². The first kappa shape index (κ1) is 12.0. The van der Waals surface area contributed by atoms with Crippen molar-refractivity contribution in [2.45, 2.75) is 44.1 Å². The number of ether oxygens (including phenoxy) is 2. The van der Waals surface area contributed by atoms with Gasteiger partial charge >= 0.3 is 0 Å². The minimum absolute atomic E-state index is 0.0466. The van der Waals surface area contributed by atoms with Crippen molar-refractivity contribution in [3.05, 3.63) is 0 Å². The van der Waals surface area contributed by atoms with Crippen LogP contribution in [0.4, 0.5) is 0 Å². The molecule has 3 heteroatoms. The van der Waals surface area contributed by atoms with Gasteiger partial charge in [-0.1, -0.05) is 25.7 Å². The van der Waals surface area contributed by atoms with E-state index in [1.165, 1.54) is 25.7 Å². The minimum atomic E-state index is -0.0466. The highest BCUT2D eigenvalue weighted by Crippen LogP contribution is 2.29. The maximum atomic E-state index is 5.89. The van der Waals surface area contributed by atoms with Gasteiger partial charge in [0.15, 0.2) is 0 Å². The molecular weight excluding hydrogens is 178 g/mol. The molecule has 1 fully saturated rings. The highest BCUT2D eigenvalue weighted by Gasteiger charge is 2.29. The lowest BCUT2D eigenvalue weighted by Gasteiger charge is -2.31. The quantitative estimate of drug-likeness (QED) is 0.544. The molecule has 0 saturated heterocycles. The predicted octanol–water partition coefficient (Wildman–Crippen LogP) is 1.70. The van der Waals surface area contributed by atoms with E-state index in [9.17, 15) is 0 Å². The molecule has 0 spiro atoms. The molecule has 0 aliphatic heterocycles. The SMILES string of the molecule is COCCOC1(CN)CCCCCC1. The van der Waals surface area contributed by atoms with Crippen molar-refractivity contribution >= 4 is 0 Å². The second-order valence-electron chi connectivity index (χ2n) is 4.14. The fourth-order valence-electron chi connectivity index (χ4n) is 2.12. The zero-order chi connectivity index (χ0) is 10.3. The zero-order valence-corrected chi connectivity index (χ0v) is 9.26. The van der Waals surface area contributed by atoms with Crippen LogP contribution in [-0.2, 0) is 9.47 Å². The summed E-state index contributed by atoms with van der Waals surface area (Å²) in [6.07, 6.45) is 7.40. The third-order valence-corrected chi connectivity index (χ3v) is 3.08. The molecule has 0 aromatic heterocycles. The Hall–Kier alpha value is -0.120. The van der Waals surface area contributed by atoms with Gasteiger partial charge in [-0.05, 0) is 12.8 Å². The van der Waals surface area contributed by atoms with Crippen molar-refractivity contribution in [3.8, 4) is 0 Å². The Morgan fingerprint density at radius 1 is 1.07 bits per heavy atom. The van der Waals surface area contributed by atoms with Crippen molar-refractivity contribution in [2.24, 2.45) is 5.73 Å². The molecule has 0 atom stereocenters. The molecule has 2 N–H and O–H groups in total. The van der Waals surface area contributed by atoms with Crippen LogP contribution in [0.25, 0.3) is 0 Å². The highest BCUT2D eigenvalue weighted by atomic mass is 16.5. The van der Waals surface area contributed by atoms with Crippen LogP contribution in [0.3, 0.4) is 0 Å². The molecule has 3 nitrogen and oxygen atoms in total. The van der Waals surface area contributed by atoms with Crippen LogP contribution in [0.5, 0.6) is 0 Å². The van der Waals surface area contributed by atoms with Gasteiger partial charge < -0.3 is 15.2 Å². The molecule has 0 unspecified atom stereocenters. The molecule has 0 radical (unpaired) electrons. The van der Waals surface area contributed by atoms with Gasteiger partial charge in [0.25, 0.3) is 0 Å². The van der Waals surface area contributed by atoms with Gasteiger partial charge in [0, 0.05) is 13.7 Å². The van der Waals surface area contributed by atoms with E-state index in [4.69, 9.17) is 15.2 Å². The Balaban J connectivity index is 2.37. The maximum absolute atomic E-state index is 5.89. The number of methoxy groups -OCH3 is 1. The standard InChI is InChI=1S/C11H23NO2/c1-13-8-9-14-11(10-12)6-4-2-3-5-7-11/h2-10,12H2,1H3. The first-order valence-corrected chi connectivity index (χ1v) is 5.66. The Kier molecular flexibility index (Phi) is 5.45. The number of nitrogens with two attached hydrogens (primary N) is 1. The Morgan fingerprint density at radius 3 is 2.21 bits per heavy atom. The first-order valence-electron chi connectivity index (χ1n) is 5.66. The van der Waals surface area contributed by atoms with E-state index in [0.29, 0.717) is 19.8 Å². The third kappa shape index (κ3) is 3.56. The van der Waals surface area contributed by atoms with E-state index >= 15 is 0 Å². The summed E-state index contributed by atoms with van der Waals surface area (Å²) in [5.41, 5.74) is 5.78. The minimum Gasteiger partial charge on any atom is -0.382 e. The van der Waals surface area contributed by atoms with Crippen LogP contribution in [0, 0.1) is 0 Å². The summed E-state index contributed by atoms with van der Waals surface area (Å²) in [5.74, 6) is 0. The summed E-state index contributed by atoms with van der Waals surface area (Å²) in [6.45, 7) is 1.99. The number of rotatable bonds is 5. The van der Waals surface area contributed by atoms with Crippen LogP contribution in [-0.4, -0.2) is 32.5 Å². The van der Waals surface area contributed by atoms with E-state index in [2.05, 4.69) is 0 Å². The fourth-order valence-corrected chi connectivity index (χ4v) is 2.12. The van der Waals surface area contributed by atoms with E-state index < -0.39 is 0 Å². The fraction of sp³-hybridized carbons (Fsp3) is 1.00. The van der Waals surface area contributed by atoms with Gasteiger partial charge in [-0.15, -0.1) is 0 Å². The molecule has 0 aromatic carbocycles. The van der Waals surface area contributed by atoms with Gasteiger partial charge in [-0.2, -0.15) is 0 Å². The lowest BCUT2D eigenvalue weighted by molar-refractivity contribution is -0.0658. The molecule has 1 aliphatic carbocycles. The summed E-state index contributed by atoms with van der Waals surface area (Å²) < 4.78 is 10.9. The number of hydrogen-bond donors (Lipinski definition) is 1. The Morgan fingerprint density at radius 2 is 1.71 bits per heavy atom. The van der Waals surface area contributed by atoms with Gasteiger partial charge in [-0.3, -0.25) is 0 Å². The van der Waals surface area contributed by atoms with Crippen LogP contribution in [0.1, 0.15) is 38.5 Å². The van der Waals surface area contributed by atoms with E-state index in [1.807, 2.05) is 0 Å². The van der Waals surface area contributed by atoms with Crippen LogP contribution < -0.4 is 5.73 Å². The van der Waals surface area contributed by atoms with Gasteiger partial charge in [0.05, 0.1) is 18.8 Å². The molecule has 0 amide bonds. The largest absolute Gasteiger partial charge is 0.382 e. The molecule has 1 rings (SSSR count). The molecule has 0 bridgehead atoms. The monoisotopic (exact) mass is 201 g/mol. The zero-order valence-electron chi connectivity index (χ0n) is 9.26. The third-order valence-electron chi connectivity index (χ3n) is 3.08. The smallest absolute Gasteiger partial charge is 0.0805 e. The van der Waals surface area contributed by atoms with Gasteiger partial charge in [0.2, 0.25) is 0 Å². The topological polar surface area (TPSA) is 44.5 Å². The summed E-state index contributed by atoms with van der Waals surface area (Å²) in [5, 5.41) is 0.